The molecule has 0 spiro atoms. The van der Waals surface area contributed by atoms with Gasteiger partial charge < -0.3 is 14.8 Å². The number of para-hydroxylation sites is 1. The molecule has 0 atom stereocenters. The lowest BCUT2D eigenvalue weighted by Crippen LogP contribution is -2.22. The van der Waals surface area contributed by atoms with Gasteiger partial charge in [-0.2, -0.15) is 4.98 Å². The van der Waals surface area contributed by atoms with E-state index in [9.17, 15) is 4.79 Å². The van der Waals surface area contributed by atoms with Crippen molar-refractivity contribution in [2.24, 2.45) is 7.05 Å². The zero-order valence-corrected chi connectivity index (χ0v) is 21.8. The average Bonchev–Trinajstić information content (AvgIpc) is 3.26. The van der Waals surface area contributed by atoms with Gasteiger partial charge in [0.2, 0.25) is 11.8 Å². The van der Waals surface area contributed by atoms with Crippen LogP contribution in [0, 0.1) is 0 Å². The maximum absolute atomic E-state index is 13.7. The molecule has 0 bridgehead atoms. The van der Waals surface area contributed by atoms with Crippen LogP contribution in [0.1, 0.15) is 23.1 Å². The Hall–Kier alpha value is -4.62. The molecule has 1 aliphatic heterocycles. The van der Waals surface area contributed by atoms with E-state index < -0.39 is 0 Å². The van der Waals surface area contributed by atoms with Crippen LogP contribution in [0.25, 0.3) is 22.3 Å². The van der Waals surface area contributed by atoms with Gasteiger partial charge >= 0.3 is 5.69 Å². The molecule has 3 aromatic carbocycles. The van der Waals surface area contributed by atoms with E-state index in [1.807, 2.05) is 85.9 Å². The molecule has 7 nitrogen and oxygen atoms in total. The van der Waals surface area contributed by atoms with Gasteiger partial charge in [-0.05, 0) is 41.8 Å². The first-order valence-electron chi connectivity index (χ1n) is 13.1. The summed E-state index contributed by atoms with van der Waals surface area (Å²) < 4.78 is 15.7. The highest BCUT2D eigenvalue weighted by Gasteiger charge is 2.21. The minimum absolute atomic E-state index is 0.156. The van der Waals surface area contributed by atoms with Crippen molar-refractivity contribution >= 4 is 16.6 Å². The van der Waals surface area contributed by atoms with Gasteiger partial charge in [0.05, 0.1) is 11.0 Å². The van der Waals surface area contributed by atoms with Crippen molar-refractivity contribution in [2.45, 2.75) is 19.6 Å². The highest BCUT2D eigenvalue weighted by molar-refractivity contribution is 5.91. The topological polar surface area (TPSA) is 70.3 Å². The van der Waals surface area contributed by atoms with Crippen LogP contribution in [-0.4, -0.2) is 27.2 Å². The molecule has 196 valence electrons. The first-order chi connectivity index (χ1) is 19.2. The SMILES string of the molecule is Cn1c(=O)n(-c2ccc(OCc3ccccc3)nc2OCc2ccccc2)c2cccc(C3=CCNCC3)c21. The quantitative estimate of drug-likeness (QED) is 0.304. The monoisotopic (exact) mass is 518 g/mol. The van der Waals surface area contributed by atoms with E-state index in [1.54, 1.807) is 15.2 Å². The molecular formula is C32H30N4O3. The lowest BCUT2D eigenvalue weighted by atomic mass is 9.99. The molecule has 0 saturated heterocycles. The Bertz CT molecular complexity index is 1690. The van der Waals surface area contributed by atoms with Crippen LogP contribution >= 0.6 is 0 Å². The molecule has 2 aromatic heterocycles. The molecule has 0 unspecified atom stereocenters. The van der Waals surface area contributed by atoms with Crippen molar-refractivity contribution in [3.63, 3.8) is 0 Å². The molecule has 1 aliphatic rings. The fourth-order valence-corrected chi connectivity index (χ4v) is 5.00. The lowest BCUT2D eigenvalue weighted by Gasteiger charge is -2.16. The van der Waals surface area contributed by atoms with Crippen LogP contribution in [0.3, 0.4) is 0 Å². The zero-order valence-electron chi connectivity index (χ0n) is 21.8. The van der Waals surface area contributed by atoms with Crippen LogP contribution in [-0.2, 0) is 20.3 Å². The number of ether oxygens (including phenoxy) is 2. The van der Waals surface area contributed by atoms with Gasteiger partial charge in [0.25, 0.3) is 0 Å². The number of hydrogen-bond donors (Lipinski definition) is 1. The third-order valence-corrected chi connectivity index (χ3v) is 6.98. The largest absolute Gasteiger partial charge is 0.473 e. The second kappa shape index (κ2) is 11.0. The Labute approximate surface area is 227 Å². The summed E-state index contributed by atoms with van der Waals surface area (Å²) in [6, 6.07) is 29.6. The van der Waals surface area contributed by atoms with E-state index >= 15 is 0 Å². The number of nitrogens with zero attached hydrogens (tertiary/aromatic N) is 3. The van der Waals surface area contributed by atoms with Crippen LogP contribution in [0.2, 0.25) is 0 Å². The first kappa shape index (κ1) is 24.7. The van der Waals surface area contributed by atoms with Gasteiger partial charge in [-0.3, -0.25) is 9.13 Å². The van der Waals surface area contributed by atoms with Crippen molar-refractivity contribution in [1.82, 2.24) is 19.4 Å². The second-order valence-electron chi connectivity index (χ2n) is 9.56. The highest BCUT2D eigenvalue weighted by atomic mass is 16.5. The fourth-order valence-electron chi connectivity index (χ4n) is 5.00. The van der Waals surface area contributed by atoms with E-state index in [0.29, 0.717) is 30.7 Å². The van der Waals surface area contributed by atoms with Crippen molar-refractivity contribution in [1.29, 1.82) is 0 Å². The molecule has 1 N–H and O–H groups in total. The number of nitrogens with one attached hydrogen (secondary N) is 1. The number of benzene rings is 3. The van der Waals surface area contributed by atoms with Crippen molar-refractivity contribution in [3.8, 4) is 17.4 Å². The number of pyridine rings is 1. The minimum Gasteiger partial charge on any atom is -0.473 e. The summed E-state index contributed by atoms with van der Waals surface area (Å²) >= 11 is 0. The van der Waals surface area contributed by atoms with E-state index in [-0.39, 0.29) is 5.69 Å². The van der Waals surface area contributed by atoms with Crippen molar-refractivity contribution < 1.29 is 9.47 Å². The van der Waals surface area contributed by atoms with E-state index in [2.05, 4.69) is 17.5 Å². The number of aromatic nitrogens is 3. The fraction of sp³-hybridized carbons (Fsp3) is 0.188. The zero-order chi connectivity index (χ0) is 26.6. The first-order valence-corrected chi connectivity index (χ1v) is 13.1. The highest BCUT2D eigenvalue weighted by Crippen LogP contribution is 2.31. The molecule has 5 aromatic rings. The maximum Gasteiger partial charge on any atom is 0.333 e. The molecule has 7 heteroatoms. The Morgan fingerprint density at radius 3 is 2.26 bits per heavy atom. The van der Waals surface area contributed by atoms with Crippen LogP contribution in [0.5, 0.6) is 11.8 Å². The molecule has 0 saturated carbocycles. The van der Waals surface area contributed by atoms with Crippen LogP contribution in [0.15, 0.2) is 102 Å². The normalized spacial score (nSPS) is 13.3. The summed E-state index contributed by atoms with van der Waals surface area (Å²) in [7, 11) is 1.82. The van der Waals surface area contributed by atoms with E-state index in [0.717, 1.165) is 47.2 Å². The van der Waals surface area contributed by atoms with E-state index in [4.69, 9.17) is 14.5 Å². The third-order valence-electron chi connectivity index (χ3n) is 6.98. The van der Waals surface area contributed by atoms with Gasteiger partial charge in [0.1, 0.15) is 18.9 Å². The van der Waals surface area contributed by atoms with Gasteiger partial charge in [0, 0.05) is 25.2 Å². The number of imidazole rings is 1. The summed E-state index contributed by atoms with van der Waals surface area (Å²) in [5.41, 5.74) is 6.50. The van der Waals surface area contributed by atoms with Gasteiger partial charge in [-0.25, -0.2) is 4.79 Å². The van der Waals surface area contributed by atoms with Gasteiger partial charge in [-0.1, -0.05) is 78.9 Å². The maximum atomic E-state index is 13.7. The summed E-state index contributed by atoms with van der Waals surface area (Å²) in [4.78, 5) is 18.4. The number of fused-ring (bicyclic) bond motifs is 1. The smallest absolute Gasteiger partial charge is 0.333 e. The predicted molar refractivity (Wildman–Crippen MR) is 153 cm³/mol. The standard InChI is InChI=1S/C32H30N4O3/c1-35-30-26(25-17-19-33-20-18-25)13-8-14-27(30)36(32(35)37)28-15-16-29(38-21-23-9-4-2-5-10-23)34-31(28)39-22-24-11-6-3-7-12-24/h2-17,33H,18-22H2,1H3. The molecule has 0 radical (unpaired) electrons. The van der Waals surface area contributed by atoms with Crippen LogP contribution < -0.4 is 20.5 Å². The van der Waals surface area contributed by atoms with Gasteiger partial charge in [0.15, 0.2) is 0 Å². The summed E-state index contributed by atoms with van der Waals surface area (Å²) in [5.74, 6) is 0.769. The average molecular weight is 519 g/mol. The molecule has 39 heavy (non-hydrogen) atoms. The number of rotatable bonds is 8. The Morgan fingerprint density at radius 2 is 1.56 bits per heavy atom. The predicted octanol–water partition coefficient (Wildman–Crippen LogP) is 5.26. The second-order valence-corrected chi connectivity index (χ2v) is 9.56. The number of hydrogen-bond acceptors (Lipinski definition) is 5. The molecule has 6 rings (SSSR count). The Balaban J connectivity index is 1.43. The molecular weight excluding hydrogens is 488 g/mol. The summed E-state index contributed by atoms with van der Waals surface area (Å²) in [5, 5.41) is 3.36. The molecule has 0 fully saturated rings. The Kier molecular flexibility index (Phi) is 6.97. The van der Waals surface area contributed by atoms with Gasteiger partial charge in [-0.15, -0.1) is 0 Å². The Morgan fingerprint density at radius 1 is 0.846 bits per heavy atom. The van der Waals surface area contributed by atoms with Crippen molar-refractivity contribution in [2.75, 3.05) is 13.1 Å². The lowest BCUT2D eigenvalue weighted by molar-refractivity contribution is 0.267. The van der Waals surface area contributed by atoms with Crippen molar-refractivity contribution in [3.05, 3.63) is 124 Å². The third kappa shape index (κ3) is 5.09. The molecule has 3 heterocycles. The number of aryl methyl sites for hydroxylation is 1. The van der Waals surface area contributed by atoms with Crippen LogP contribution in [0.4, 0.5) is 0 Å². The molecule has 0 amide bonds. The summed E-state index contributed by atoms with van der Waals surface area (Å²) in [6.45, 7) is 2.44. The molecule has 0 aliphatic carbocycles. The summed E-state index contributed by atoms with van der Waals surface area (Å²) in [6.07, 6.45) is 3.12. The minimum atomic E-state index is -0.156. The van der Waals surface area contributed by atoms with E-state index in [1.165, 1.54) is 5.57 Å².